The maximum atomic E-state index is 10.00. The second-order valence-corrected chi connectivity index (χ2v) is 6.36. The first-order valence-corrected chi connectivity index (χ1v) is 8.71. The van der Waals surface area contributed by atoms with Gasteiger partial charge in [0.25, 0.3) is 0 Å². The van der Waals surface area contributed by atoms with Crippen LogP contribution in [0.5, 0.6) is 5.75 Å². The number of fused-ring (bicyclic) bond motifs is 3. The molecule has 0 aliphatic carbocycles. The number of phenolic OH excluding ortho intramolecular Hbond substituents is 1. The fourth-order valence-electron chi connectivity index (χ4n) is 3.39. The van der Waals surface area contributed by atoms with Crippen LogP contribution in [-0.4, -0.2) is 9.67 Å². The van der Waals surface area contributed by atoms with Crippen molar-refractivity contribution in [2.75, 3.05) is 5.73 Å². The van der Waals surface area contributed by atoms with Crippen molar-refractivity contribution in [3.8, 4) is 5.75 Å². The molecule has 3 rings (SSSR count). The van der Waals surface area contributed by atoms with Gasteiger partial charge in [-0.05, 0) is 18.6 Å². The molecule has 0 spiro atoms. The molecule has 1 aromatic heterocycles. The molecule has 0 fully saturated rings. The van der Waals surface area contributed by atoms with Gasteiger partial charge in [-0.2, -0.15) is 0 Å². The topological polar surface area (TPSA) is 51.2 Å². The Morgan fingerprint density at radius 1 is 0.913 bits per heavy atom. The van der Waals surface area contributed by atoms with Gasteiger partial charge in [-0.15, -0.1) is 0 Å². The molecule has 0 amide bonds. The Morgan fingerprint density at radius 3 is 2.48 bits per heavy atom. The number of rotatable bonds is 7. The Bertz CT molecular complexity index is 804. The number of unbranched alkanes of at least 4 members (excludes halogenated alkanes) is 5. The van der Waals surface area contributed by atoms with Crippen LogP contribution in [0.4, 0.5) is 5.69 Å². The van der Waals surface area contributed by atoms with Crippen molar-refractivity contribution in [1.82, 2.24) is 4.57 Å². The van der Waals surface area contributed by atoms with Gasteiger partial charge in [-0.3, -0.25) is 0 Å². The number of nitrogens with zero attached hydrogens (tertiary/aromatic N) is 1. The minimum Gasteiger partial charge on any atom is -0.506 e. The number of aromatic hydroxyl groups is 1. The number of nitrogen functional groups attached to an aromatic ring is 1. The standard InChI is InChI=1S/C20H26N2O/c1-2-3-4-5-6-9-12-22-18-11-8-7-10-15(18)16-13-17(21)20(23)14-19(16)22/h7-8,10-11,13-14,23H,2-6,9,12,21H2,1H3. The van der Waals surface area contributed by atoms with E-state index in [-0.39, 0.29) is 5.75 Å². The van der Waals surface area contributed by atoms with Crippen LogP contribution in [0.3, 0.4) is 0 Å². The molecule has 2 aromatic carbocycles. The molecule has 3 N–H and O–H groups in total. The number of hydrogen-bond acceptors (Lipinski definition) is 2. The van der Waals surface area contributed by atoms with Crippen molar-refractivity contribution >= 4 is 27.5 Å². The molecule has 1 heterocycles. The average Bonchev–Trinajstić information content (AvgIpc) is 2.85. The third kappa shape index (κ3) is 3.14. The number of phenols is 1. The van der Waals surface area contributed by atoms with Crippen LogP contribution in [0.2, 0.25) is 0 Å². The van der Waals surface area contributed by atoms with Gasteiger partial charge in [0.05, 0.1) is 11.2 Å². The van der Waals surface area contributed by atoms with Crippen molar-refractivity contribution in [3.05, 3.63) is 36.4 Å². The largest absolute Gasteiger partial charge is 0.506 e. The van der Waals surface area contributed by atoms with E-state index in [1.807, 2.05) is 12.1 Å². The molecule has 0 unspecified atom stereocenters. The third-order valence-electron chi connectivity index (χ3n) is 4.66. The van der Waals surface area contributed by atoms with E-state index in [9.17, 15) is 5.11 Å². The smallest absolute Gasteiger partial charge is 0.140 e. The van der Waals surface area contributed by atoms with Gasteiger partial charge in [0, 0.05) is 28.9 Å². The zero-order chi connectivity index (χ0) is 16.2. The molecule has 0 saturated heterocycles. The summed E-state index contributed by atoms with van der Waals surface area (Å²) in [5.74, 6) is 0.171. The van der Waals surface area contributed by atoms with Crippen LogP contribution in [0.25, 0.3) is 21.8 Å². The highest BCUT2D eigenvalue weighted by atomic mass is 16.3. The molecule has 0 bridgehead atoms. The van der Waals surface area contributed by atoms with Gasteiger partial charge in [0.2, 0.25) is 0 Å². The summed E-state index contributed by atoms with van der Waals surface area (Å²) in [6, 6.07) is 12.1. The van der Waals surface area contributed by atoms with E-state index >= 15 is 0 Å². The molecule has 122 valence electrons. The Morgan fingerprint density at radius 2 is 1.65 bits per heavy atom. The molecule has 0 saturated carbocycles. The Kier molecular flexibility index (Phi) is 4.75. The second kappa shape index (κ2) is 6.95. The number of benzene rings is 2. The number of aryl methyl sites for hydroxylation is 1. The summed E-state index contributed by atoms with van der Waals surface area (Å²) in [4.78, 5) is 0. The van der Waals surface area contributed by atoms with Gasteiger partial charge in [0.15, 0.2) is 0 Å². The van der Waals surface area contributed by atoms with Crippen molar-refractivity contribution in [2.45, 2.75) is 52.0 Å². The molecule has 3 nitrogen and oxygen atoms in total. The highest BCUT2D eigenvalue weighted by Gasteiger charge is 2.12. The van der Waals surface area contributed by atoms with E-state index in [2.05, 4.69) is 35.8 Å². The first-order chi connectivity index (χ1) is 11.2. The third-order valence-corrected chi connectivity index (χ3v) is 4.66. The van der Waals surface area contributed by atoms with Crippen molar-refractivity contribution in [2.24, 2.45) is 0 Å². The van der Waals surface area contributed by atoms with Gasteiger partial charge in [-0.25, -0.2) is 0 Å². The zero-order valence-corrected chi connectivity index (χ0v) is 13.9. The predicted octanol–water partition coefficient (Wildman–Crippen LogP) is 5.44. The lowest BCUT2D eigenvalue weighted by Gasteiger charge is -2.08. The summed E-state index contributed by atoms with van der Waals surface area (Å²) in [6.07, 6.45) is 7.69. The molecule has 3 heteroatoms. The van der Waals surface area contributed by atoms with E-state index < -0.39 is 0 Å². The highest BCUT2D eigenvalue weighted by Crippen LogP contribution is 2.34. The van der Waals surface area contributed by atoms with Gasteiger partial charge >= 0.3 is 0 Å². The summed E-state index contributed by atoms with van der Waals surface area (Å²) in [6.45, 7) is 3.23. The summed E-state index contributed by atoms with van der Waals surface area (Å²) in [5, 5.41) is 12.3. The summed E-state index contributed by atoms with van der Waals surface area (Å²) in [7, 11) is 0. The van der Waals surface area contributed by atoms with Gasteiger partial charge in [0.1, 0.15) is 5.75 Å². The molecule has 0 aliphatic rings. The monoisotopic (exact) mass is 310 g/mol. The van der Waals surface area contributed by atoms with Crippen LogP contribution in [0.15, 0.2) is 36.4 Å². The second-order valence-electron chi connectivity index (χ2n) is 6.36. The SMILES string of the molecule is CCCCCCCCn1c2ccccc2c2cc(N)c(O)cc21. The van der Waals surface area contributed by atoms with Crippen LogP contribution in [0.1, 0.15) is 45.4 Å². The molecular weight excluding hydrogens is 284 g/mol. The predicted molar refractivity (Wildman–Crippen MR) is 98.9 cm³/mol. The summed E-state index contributed by atoms with van der Waals surface area (Å²) >= 11 is 0. The Balaban J connectivity index is 1.89. The Hall–Kier alpha value is -2.16. The highest BCUT2D eigenvalue weighted by molar-refractivity contribution is 6.09. The number of anilines is 1. The van der Waals surface area contributed by atoms with Gasteiger partial charge < -0.3 is 15.4 Å². The summed E-state index contributed by atoms with van der Waals surface area (Å²) < 4.78 is 2.32. The van der Waals surface area contributed by atoms with Crippen LogP contribution in [0, 0.1) is 0 Å². The van der Waals surface area contributed by atoms with Crippen LogP contribution < -0.4 is 5.73 Å². The average molecular weight is 310 g/mol. The van der Waals surface area contributed by atoms with E-state index in [1.54, 1.807) is 0 Å². The van der Waals surface area contributed by atoms with E-state index in [1.165, 1.54) is 49.4 Å². The molecular formula is C20H26N2O. The zero-order valence-electron chi connectivity index (χ0n) is 13.9. The van der Waals surface area contributed by atoms with E-state index in [4.69, 9.17) is 5.73 Å². The fraction of sp³-hybridized carbons (Fsp3) is 0.400. The number of aromatic nitrogens is 1. The van der Waals surface area contributed by atoms with Crippen molar-refractivity contribution in [1.29, 1.82) is 0 Å². The first-order valence-electron chi connectivity index (χ1n) is 8.71. The molecule has 3 aromatic rings. The van der Waals surface area contributed by atoms with Gasteiger partial charge in [-0.1, -0.05) is 57.2 Å². The minimum atomic E-state index is 0.171. The van der Waals surface area contributed by atoms with Crippen LogP contribution in [-0.2, 0) is 6.54 Å². The minimum absolute atomic E-state index is 0.171. The molecule has 0 aliphatic heterocycles. The number of nitrogens with two attached hydrogens (primary N) is 1. The molecule has 0 radical (unpaired) electrons. The lowest BCUT2D eigenvalue weighted by atomic mass is 10.1. The van der Waals surface area contributed by atoms with E-state index in [0.717, 1.165) is 17.4 Å². The molecule has 0 atom stereocenters. The molecule has 23 heavy (non-hydrogen) atoms. The summed E-state index contributed by atoms with van der Waals surface area (Å²) in [5.41, 5.74) is 8.64. The fourth-order valence-corrected chi connectivity index (χ4v) is 3.39. The first kappa shape index (κ1) is 15.7. The van der Waals surface area contributed by atoms with Crippen LogP contribution >= 0.6 is 0 Å². The normalized spacial score (nSPS) is 11.5. The number of hydrogen-bond donors (Lipinski definition) is 2. The quantitative estimate of drug-likeness (QED) is 0.347. The van der Waals surface area contributed by atoms with E-state index in [0.29, 0.717) is 5.69 Å². The maximum Gasteiger partial charge on any atom is 0.140 e. The number of para-hydroxylation sites is 1. The lowest BCUT2D eigenvalue weighted by molar-refractivity contribution is 0.478. The van der Waals surface area contributed by atoms with Crippen molar-refractivity contribution < 1.29 is 5.11 Å². The Labute approximate surface area is 137 Å². The van der Waals surface area contributed by atoms with Crippen molar-refractivity contribution in [3.63, 3.8) is 0 Å². The lowest BCUT2D eigenvalue weighted by Crippen LogP contribution is -1.98. The maximum absolute atomic E-state index is 10.00.